The van der Waals surface area contributed by atoms with Crippen LogP contribution >= 0.6 is 0 Å². The second kappa shape index (κ2) is 4.12. The molecule has 0 aromatic rings. The topological polar surface area (TPSA) is 46.3 Å². The van der Waals surface area contributed by atoms with Gasteiger partial charge in [0.1, 0.15) is 0 Å². The number of carbonyl (C=O) groups is 1. The fourth-order valence-corrected chi connectivity index (χ4v) is 2.44. The fourth-order valence-electron chi connectivity index (χ4n) is 2.44. The van der Waals surface area contributed by atoms with E-state index in [4.69, 9.17) is 5.73 Å². The van der Waals surface area contributed by atoms with E-state index in [2.05, 4.69) is 0 Å². The molecule has 0 aromatic carbocycles. The van der Waals surface area contributed by atoms with Crippen LogP contribution in [0.1, 0.15) is 45.4 Å². The third-order valence-electron chi connectivity index (χ3n) is 4.00. The zero-order chi connectivity index (χ0) is 10.9. The molecule has 0 unspecified atom stereocenters. The van der Waals surface area contributed by atoms with Crippen molar-refractivity contribution in [2.75, 3.05) is 13.1 Å². The van der Waals surface area contributed by atoms with E-state index in [0.717, 1.165) is 19.0 Å². The Morgan fingerprint density at radius 2 is 2.00 bits per heavy atom. The molecular weight excluding hydrogens is 188 g/mol. The number of likely N-dealkylation sites (tertiary alicyclic amines) is 1. The smallest absolute Gasteiger partial charge is 0.219 e. The van der Waals surface area contributed by atoms with Gasteiger partial charge in [0.15, 0.2) is 0 Å². The largest absolute Gasteiger partial charge is 0.343 e. The van der Waals surface area contributed by atoms with Crippen LogP contribution in [0.25, 0.3) is 0 Å². The molecule has 0 spiro atoms. The molecule has 1 aliphatic carbocycles. The van der Waals surface area contributed by atoms with Gasteiger partial charge in [-0.05, 0) is 44.4 Å². The molecule has 1 heterocycles. The predicted octanol–water partition coefficient (Wildman–Crippen LogP) is 1.52. The standard InChI is InChI=1S/C12H22N2O/c1-10(15)14-8-3-11(4-9-14)2-5-12(13)6-7-12/h11H,2-9,13H2,1H3. The zero-order valence-corrected chi connectivity index (χ0v) is 9.67. The van der Waals surface area contributed by atoms with Crippen molar-refractivity contribution in [1.29, 1.82) is 0 Å². The lowest BCUT2D eigenvalue weighted by Gasteiger charge is -2.31. The zero-order valence-electron chi connectivity index (χ0n) is 9.67. The molecule has 1 saturated carbocycles. The molecule has 1 aliphatic heterocycles. The van der Waals surface area contributed by atoms with Crippen molar-refractivity contribution in [2.45, 2.75) is 51.0 Å². The van der Waals surface area contributed by atoms with Crippen molar-refractivity contribution >= 4 is 5.91 Å². The average Bonchev–Trinajstić information content (AvgIpc) is 2.95. The molecule has 2 rings (SSSR count). The third kappa shape index (κ3) is 2.94. The summed E-state index contributed by atoms with van der Waals surface area (Å²) in [4.78, 5) is 13.1. The molecule has 2 N–H and O–H groups in total. The first-order chi connectivity index (χ1) is 7.09. The molecule has 0 bridgehead atoms. The van der Waals surface area contributed by atoms with Crippen molar-refractivity contribution in [1.82, 2.24) is 4.90 Å². The van der Waals surface area contributed by atoms with Crippen molar-refractivity contribution in [3.63, 3.8) is 0 Å². The first kappa shape index (κ1) is 10.9. The van der Waals surface area contributed by atoms with Gasteiger partial charge in [0.25, 0.3) is 0 Å². The van der Waals surface area contributed by atoms with Crippen LogP contribution < -0.4 is 5.73 Å². The normalized spacial score (nSPS) is 25.3. The molecule has 15 heavy (non-hydrogen) atoms. The van der Waals surface area contributed by atoms with Crippen LogP contribution in [0.5, 0.6) is 0 Å². The van der Waals surface area contributed by atoms with Crippen molar-refractivity contribution < 1.29 is 4.79 Å². The summed E-state index contributed by atoms with van der Waals surface area (Å²) in [7, 11) is 0. The minimum atomic E-state index is 0.206. The van der Waals surface area contributed by atoms with Crippen molar-refractivity contribution in [2.24, 2.45) is 11.7 Å². The summed E-state index contributed by atoms with van der Waals surface area (Å²) < 4.78 is 0. The van der Waals surface area contributed by atoms with Gasteiger partial charge in [-0.1, -0.05) is 0 Å². The molecule has 0 radical (unpaired) electrons. The number of carbonyl (C=O) groups excluding carboxylic acids is 1. The number of hydrogen-bond acceptors (Lipinski definition) is 2. The number of amides is 1. The summed E-state index contributed by atoms with van der Waals surface area (Å²) in [5, 5.41) is 0. The Labute approximate surface area is 92.0 Å². The Morgan fingerprint density at radius 3 is 2.47 bits per heavy atom. The highest BCUT2D eigenvalue weighted by Crippen LogP contribution is 2.38. The van der Waals surface area contributed by atoms with Crippen molar-refractivity contribution in [3.05, 3.63) is 0 Å². The van der Waals surface area contributed by atoms with E-state index in [1.54, 1.807) is 6.92 Å². The lowest BCUT2D eigenvalue weighted by Crippen LogP contribution is -2.37. The van der Waals surface area contributed by atoms with Gasteiger partial charge in [-0.25, -0.2) is 0 Å². The van der Waals surface area contributed by atoms with E-state index in [0.29, 0.717) is 0 Å². The monoisotopic (exact) mass is 210 g/mol. The van der Waals surface area contributed by atoms with E-state index >= 15 is 0 Å². The van der Waals surface area contributed by atoms with Gasteiger partial charge in [0.2, 0.25) is 5.91 Å². The number of piperidine rings is 1. The summed E-state index contributed by atoms with van der Waals surface area (Å²) in [6, 6.07) is 0. The van der Waals surface area contributed by atoms with Crippen LogP contribution in [-0.4, -0.2) is 29.4 Å². The maximum atomic E-state index is 11.1. The summed E-state index contributed by atoms with van der Waals surface area (Å²) in [6.45, 7) is 3.58. The summed E-state index contributed by atoms with van der Waals surface area (Å²) in [6.07, 6.45) is 7.25. The third-order valence-corrected chi connectivity index (χ3v) is 4.00. The van der Waals surface area contributed by atoms with Gasteiger partial charge < -0.3 is 10.6 Å². The average molecular weight is 210 g/mol. The van der Waals surface area contributed by atoms with Crippen LogP contribution in [0.3, 0.4) is 0 Å². The quantitative estimate of drug-likeness (QED) is 0.767. The molecule has 2 aliphatic rings. The molecule has 3 heteroatoms. The molecule has 0 aromatic heterocycles. The van der Waals surface area contributed by atoms with Gasteiger partial charge in [0.05, 0.1) is 0 Å². The SMILES string of the molecule is CC(=O)N1CCC(CCC2(N)CC2)CC1. The lowest BCUT2D eigenvalue weighted by atomic mass is 9.90. The van der Waals surface area contributed by atoms with E-state index < -0.39 is 0 Å². The Balaban J connectivity index is 1.67. The number of nitrogens with zero attached hydrogens (tertiary/aromatic N) is 1. The second-order valence-corrected chi connectivity index (χ2v) is 5.35. The maximum absolute atomic E-state index is 11.1. The highest BCUT2D eigenvalue weighted by Gasteiger charge is 2.38. The molecule has 1 saturated heterocycles. The van der Waals surface area contributed by atoms with Crippen LogP contribution in [0.4, 0.5) is 0 Å². The van der Waals surface area contributed by atoms with Gasteiger partial charge in [-0.2, -0.15) is 0 Å². The fraction of sp³-hybridized carbons (Fsp3) is 0.917. The second-order valence-electron chi connectivity index (χ2n) is 5.35. The number of rotatable bonds is 3. The molecule has 3 nitrogen and oxygen atoms in total. The van der Waals surface area contributed by atoms with E-state index in [9.17, 15) is 4.79 Å². The Hall–Kier alpha value is -0.570. The van der Waals surface area contributed by atoms with Gasteiger partial charge in [0, 0.05) is 25.6 Å². The minimum Gasteiger partial charge on any atom is -0.343 e. The van der Waals surface area contributed by atoms with Crippen LogP contribution in [-0.2, 0) is 4.79 Å². The summed E-state index contributed by atoms with van der Waals surface area (Å²) in [5.41, 5.74) is 6.28. The highest BCUT2D eigenvalue weighted by molar-refractivity contribution is 5.73. The Kier molecular flexibility index (Phi) is 3.01. The van der Waals surface area contributed by atoms with Gasteiger partial charge in [-0.3, -0.25) is 4.79 Å². The van der Waals surface area contributed by atoms with Gasteiger partial charge in [-0.15, -0.1) is 0 Å². The molecule has 1 amide bonds. The molecule has 2 fully saturated rings. The summed E-state index contributed by atoms with van der Waals surface area (Å²) in [5.74, 6) is 1.03. The molecule has 0 atom stereocenters. The van der Waals surface area contributed by atoms with Crippen LogP contribution in [0.15, 0.2) is 0 Å². The predicted molar refractivity (Wildman–Crippen MR) is 60.4 cm³/mol. The van der Waals surface area contributed by atoms with E-state index in [1.807, 2.05) is 4.90 Å². The number of hydrogen-bond donors (Lipinski definition) is 1. The minimum absolute atomic E-state index is 0.206. The van der Waals surface area contributed by atoms with Crippen LogP contribution in [0.2, 0.25) is 0 Å². The first-order valence-corrected chi connectivity index (χ1v) is 6.13. The first-order valence-electron chi connectivity index (χ1n) is 6.13. The molecule has 86 valence electrons. The summed E-state index contributed by atoms with van der Waals surface area (Å²) >= 11 is 0. The molecular formula is C12H22N2O. The number of nitrogens with two attached hydrogens (primary N) is 1. The van der Waals surface area contributed by atoms with E-state index in [1.165, 1.54) is 38.5 Å². The lowest BCUT2D eigenvalue weighted by molar-refractivity contribution is -0.130. The Bertz CT molecular complexity index is 240. The van der Waals surface area contributed by atoms with E-state index in [-0.39, 0.29) is 11.4 Å². The maximum Gasteiger partial charge on any atom is 0.219 e. The highest BCUT2D eigenvalue weighted by atomic mass is 16.2. The van der Waals surface area contributed by atoms with Gasteiger partial charge >= 0.3 is 0 Å². The van der Waals surface area contributed by atoms with Crippen LogP contribution in [0, 0.1) is 5.92 Å². The van der Waals surface area contributed by atoms with Crippen molar-refractivity contribution in [3.8, 4) is 0 Å². The Morgan fingerprint density at radius 1 is 1.40 bits per heavy atom.